The molecule has 154 valence electrons. The van der Waals surface area contributed by atoms with Gasteiger partial charge >= 0.3 is 5.97 Å². The Bertz CT molecular complexity index is 1010. The highest BCUT2D eigenvalue weighted by Gasteiger charge is 2.14. The average molecular weight is 408 g/mol. The molecule has 1 atom stereocenters. The number of nitrogens with two attached hydrogens (primary N) is 1. The maximum Gasteiger partial charge on any atom is 0.322 e. The maximum atomic E-state index is 11.4. The molecule has 3 aromatic rings. The van der Waals surface area contributed by atoms with Gasteiger partial charge in [-0.2, -0.15) is 0 Å². The highest BCUT2D eigenvalue weighted by molar-refractivity contribution is 5.75. The van der Waals surface area contributed by atoms with E-state index < -0.39 is 16.9 Å². The van der Waals surface area contributed by atoms with E-state index in [-0.39, 0.29) is 5.69 Å². The molecule has 0 fully saturated rings. The summed E-state index contributed by atoms with van der Waals surface area (Å²) in [4.78, 5) is 25.6. The largest absolute Gasteiger partial charge is 0.468 e. The quantitative estimate of drug-likeness (QED) is 0.329. The van der Waals surface area contributed by atoms with E-state index in [2.05, 4.69) is 15.0 Å². The Labute approximate surface area is 172 Å². The fourth-order valence-corrected chi connectivity index (χ4v) is 2.64. The number of nitrogens with zero attached hydrogens (tertiary/aromatic N) is 2. The third-order valence-electron chi connectivity index (χ3n) is 4.20. The van der Waals surface area contributed by atoms with E-state index in [9.17, 15) is 14.9 Å². The number of hydrogen-bond donors (Lipinski definition) is 2. The molecule has 0 aliphatic carbocycles. The standard InChI is InChI=1S/C21H20N4O5/c1-29-21(26)19(22)12-14-2-7-17(8-3-14)30-18-9-4-15(5-10-18)24-20-11-6-16(13-23-20)25(27)28/h2-11,13,19H,12,22H2,1H3,(H,23,24). The number of aromatic nitrogens is 1. The minimum Gasteiger partial charge on any atom is -0.468 e. The summed E-state index contributed by atoms with van der Waals surface area (Å²) in [5.74, 6) is 1.32. The monoisotopic (exact) mass is 408 g/mol. The minimum atomic E-state index is -0.702. The molecule has 2 aromatic carbocycles. The first-order valence-corrected chi connectivity index (χ1v) is 9.02. The average Bonchev–Trinajstić information content (AvgIpc) is 2.76. The van der Waals surface area contributed by atoms with Gasteiger partial charge in [-0.05, 0) is 54.4 Å². The lowest BCUT2D eigenvalue weighted by Crippen LogP contribution is -2.33. The van der Waals surface area contributed by atoms with Crippen LogP contribution < -0.4 is 15.8 Å². The molecule has 0 radical (unpaired) electrons. The molecule has 0 aliphatic heterocycles. The van der Waals surface area contributed by atoms with Gasteiger partial charge in [0.25, 0.3) is 5.69 Å². The smallest absolute Gasteiger partial charge is 0.322 e. The molecule has 0 aliphatic rings. The SMILES string of the molecule is COC(=O)C(N)Cc1ccc(Oc2ccc(Nc3ccc([N+](=O)[O-])cn3)cc2)cc1. The number of benzene rings is 2. The first-order valence-electron chi connectivity index (χ1n) is 9.02. The number of methoxy groups -OCH3 is 1. The Balaban J connectivity index is 1.57. The summed E-state index contributed by atoms with van der Waals surface area (Å²) in [5, 5.41) is 13.7. The number of rotatable bonds is 8. The van der Waals surface area contributed by atoms with Crippen molar-refractivity contribution in [1.29, 1.82) is 0 Å². The Kier molecular flexibility index (Phi) is 6.56. The van der Waals surface area contributed by atoms with Crippen LogP contribution in [-0.2, 0) is 16.0 Å². The highest BCUT2D eigenvalue weighted by atomic mass is 16.6. The Morgan fingerprint density at radius 2 is 1.73 bits per heavy atom. The van der Waals surface area contributed by atoms with E-state index in [1.165, 1.54) is 25.4 Å². The summed E-state index contributed by atoms with van der Waals surface area (Å²) < 4.78 is 10.4. The van der Waals surface area contributed by atoms with Crippen LogP contribution in [0.25, 0.3) is 0 Å². The zero-order valence-electron chi connectivity index (χ0n) is 16.1. The number of carbonyl (C=O) groups is 1. The summed E-state index contributed by atoms with van der Waals surface area (Å²) >= 11 is 0. The zero-order valence-corrected chi connectivity index (χ0v) is 16.1. The van der Waals surface area contributed by atoms with Gasteiger partial charge in [-0.25, -0.2) is 4.98 Å². The predicted molar refractivity (Wildman–Crippen MR) is 111 cm³/mol. The van der Waals surface area contributed by atoms with Crippen LogP contribution in [0.1, 0.15) is 5.56 Å². The number of esters is 1. The predicted octanol–water partition coefficient (Wildman–Crippen LogP) is 3.57. The van der Waals surface area contributed by atoms with Gasteiger partial charge in [0.05, 0.1) is 12.0 Å². The van der Waals surface area contributed by atoms with Crippen molar-refractivity contribution in [3.8, 4) is 11.5 Å². The molecule has 9 heteroatoms. The van der Waals surface area contributed by atoms with Gasteiger partial charge in [-0.15, -0.1) is 0 Å². The second-order valence-corrected chi connectivity index (χ2v) is 6.39. The molecule has 3 N–H and O–H groups in total. The molecule has 0 amide bonds. The molecule has 30 heavy (non-hydrogen) atoms. The van der Waals surface area contributed by atoms with Crippen LogP contribution in [0.4, 0.5) is 17.2 Å². The van der Waals surface area contributed by atoms with E-state index in [1.54, 1.807) is 24.3 Å². The molecule has 1 heterocycles. The van der Waals surface area contributed by atoms with E-state index in [0.717, 1.165) is 11.3 Å². The molecule has 1 aromatic heterocycles. The molecule has 9 nitrogen and oxygen atoms in total. The minimum absolute atomic E-state index is 0.0670. The maximum absolute atomic E-state index is 11.4. The van der Waals surface area contributed by atoms with E-state index in [4.69, 9.17) is 10.5 Å². The molecule has 0 saturated heterocycles. The number of nitro groups is 1. The number of nitrogens with one attached hydrogen (secondary N) is 1. The van der Waals surface area contributed by atoms with Gasteiger partial charge in [0.2, 0.25) is 0 Å². The zero-order chi connectivity index (χ0) is 21.5. The van der Waals surface area contributed by atoms with Crippen molar-refractivity contribution in [2.45, 2.75) is 12.5 Å². The topological polar surface area (TPSA) is 130 Å². The fraction of sp³-hybridized carbons (Fsp3) is 0.143. The normalized spacial score (nSPS) is 11.4. The molecular weight excluding hydrogens is 388 g/mol. The van der Waals surface area contributed by atoms with E-state index in [1.807, 2.05) is 24.3 Å². The lowest BCUT2D eigenvalue weighted by molar-refractivity contribution is -0.385. The number of anilines is 2. The Hall–Kier alpha value is -3.98. The summed E-state index contributed by atoms with van der Waals surface area (Å²) in [7, 11) is 1.31. The van der Waals surface area contributed by atoms with Crippen molar-refractivity contribution in [3.05, 3.63) is 82.5 Å². The van der Waals surface area contributed by atoms with Crippen LogP contribution >= 0.6 is 0 Å². The van der Waals surface area contributed by atoms with Crippen LogP contribution in [0.15, 0.2) is 66.9 Å². The van der Waals surface area contributed by atoms with Crippen molar-refractivity contribution in [2.24, 2.45) is 5.73 Å². The number of pyridine rings is 1. The lowest BCUT2D eigenvalue weighted by Gasteiger charge is -2.11. The van der Waals surface area contributed by atoms with Gasteiger partial charge in [0, 0.05) is 11.8 Å². The molecule has 0 bridgehead atoms. The first kappa shape index (κ1) is 20.7. The Morgan fingerprint density at radius 1 is 1.10 bits per heavy atom. The van der Waals surface area contributed by atoms with Gasteiger partial charge in [0.1, 0.15) is 29.6 Å². The van der Waals surface area contributed by atoms with Crippen molar-refractivity contribution in [2.75, 3.05) is 12.4 Å². The van der Waals surface area contributed by atoms with Gasteiger partial charge in [0.15, 0.2) is 0 Å². The fourth-order valence-electron chi connectivity index (χ4n) is 2.64. The van der Waals surface area contributed by atoms with Crippen molar-refractivity contribution < 1.29 is 19.2 Å². The number of hydrogen-bond acceptors (Lipinski definition) is 8. The molecule has 1 unspecified atom stereocenters. The molecule has 0 spiro atoms. The second kappa shape index (κ2) is 9.48. The Morgan fingerprint density at radius 3 is 2.27 bits per heavy atom. The van der Waals surface area contributed by atoms with Crippen LogP contribution in [0.5, 0.6) is 11.5 Å². The van der Waals surface area contributed by atoms with Crippen LogP contribution in [0.3, 0.4) is 0 Å². The van der Waals surface area contributed by atoms with Crippen LogP contribution in [0.2, 0.25) is 0 Å². The third-order valence-corrected chi connectivity index (χ3v) is 4.20. The summed E-state index contributed by atoms with van der Waals surface area (Å²) in [6, 6.07) is 16.7. The first-order chi connectivity index (χ1) is 14.4. The van der Waals surface area contributed by atoms with Gasteiger partial charge < -0.3 is 20.5 Å². The number of ether oxygens (including phenoxy) is 2. The van der Waals surface area contributed by atoms with E-state index >= 15 is 0 Å². The number of carbonyl (C=O) groups excluding carboxylic acids is 1. The van der Waals surface area contributed by atoms with Gasteiger partial charge in [-0.3, -0.25) is 14.9 Å². The van der Waals surface area contributed by atoms with Crippen molar-refractivity contribution >= 4 is 23.2 Å². The van der Waals surface area contributed by atoms with Crippen LogP contribution in [0, 0.1) is 10.1 Å². The molecular formula is C21H20N4O5. The van der Waals surface area contributed by atoms with Gasteiger partial charge in [-0.1, -0.05) is 12.1 Å². The summed E-state index contributed by atoms with van der Waals surface area (Å²) in [6.45, 7) is 0. The third kappa shape index (κ3) is 5.52. The van der Waals surface area contributed by atoms with Crippen molar-refractivity contribution in [1.82, 2.24) is 4.98 Å². The van der Waals surface area contributed by atoms with Crippen LogP contribution in [-0.4, -0.2) is 29.0 Å². The summed E-state index contributed by atoms with van der Waals surface area (Å²) in [5.41, 5.74) is 7.36. The molecule has 0 saturated carbocycles. The lowest BCUT2D eigenvalue weighted by atomic mass is 10.1. The van der Waals surface area contributed by atoms with E-state index in [0.29, 0.717) is 23.7 Å². The summed E-state index contributed by atoms with van der Waals surface area (Å²) in [6.07, 6.45) is 1.57. The highest BCUT2D eigenvalue weighted by Crippen LogP contribution is 2.25. The second-order valence-electron chi connectivity index (χ2n) is 6.39. The van der Waals surface area contributed by atoms with Crippen molar-refractivity contribution in [3.63, 3.8) is 0 Å². The molecule has 3 rings (SSSR count).